The van der Waals surface area contributed by atoms with Crippen molar-refractivity contribution in [1.82, 2.24) is 0 Å². The van der Waals surface area contributed by atoms with Gasteiger partial charge in [0.25, 0.3) is 0 Å². The van der Waals surface area contributed by atoms with Crippen molar-refractivity contribution in [1.29, 1.82) is 0 Å². The van der Waals surface area contributed by atoms with Gasteiger partial charge in [-0.1, -0.05) is 172 Å². The van der Waals surface area contributed by atoms with E-state index in [0.29, 0.717) is 19.3 Å². The summed E-state index contributed by atoms with van der Waals surface area (Å²) in [5.41, 5.74) is 0. The number of phosphoric ester groups is 1. The highest BCUT2D eigenvalue weighted by Crippen LogP contribution is 2.47. The normalized spacial score (nSPS) is 22.6. The molecule has 60 heavy (non-hydrogen) atoms. The molecule has 1 rings (SSSR count). The number of esters is 2. The molecule has 0 spiro atoms. The predicted molar refractivity (Wildman–Crippen MR) is 235 cm³/mol. The summed E-state index contributed by atoms with van der Waals surface area (Å²) in [6.45, 7) is 3.12. The summed E-state index contributed by atoms with van der Waals surface area (Å²) < 4.78 is 33.4. The molecule has 6 N–H and O–H groups in total. The van der Waals surface area contributed by atoms with Gasteiger partial charge in [0.15, 0.2) is 6.10 Å². The number of carbonyl (C=O) groups excluding carboxylic acids is 2. The first-order valence-corrected chi connectivity index (χ1v) is 24.4. The van der Waals surface area contributed by atoms with Crippen LogP contribution in [-0.4, -0.2) is 98.3 Å². The maximum absolute atomic E-state index is 12.8. The van der Waals surface area contributed by atoms with Crippen LogP contribution in [0.1, 0.15) is 174 Å². The van der Waals surface area contributed by atoms with Gasteiger partial charge in [-0.2, -0.15) is 0 Å². The minimum Gasteiger partial charge on any atom is -0.462 e. The van der Waals surface area contributed by atoms with Crippen LogP contribution in [0.2, 0.25) is 0 Å². The molecule has 0 amide bonds. The molecule has 0 aromatic carbocycles. The van der Waals surface area contributed by atoms with Gasteiger partial charge in [-0.25, -0.2) is 4.57 Å². The van der Waals surface area contributed by atoms with E-state index in [-0.39, 0.29) is 12.8 Å². The Balaban J connectivity index is 2.47. The molecule has 6 atom stereocenters. The molecule has 0 aromatic heterocycles. The van der Waals surface area contributed by atoms with Crippen LogP contribution < -0.4 is 0 Å². The Hall–Kier alpha value is -2.19. The summed E-state index contributed by atoms with van der Waals surface area (Å²) in [5, 5.41) is 50.1. The van der Waals surface area contributed by atoms with Gasteiger partial charge in [0.2, 0.25) is 0 Å². The Morgan fingerprint density at radius 3 is 1.42 bits per heavy atom. The summed E-state index contributed by atoms with van der Waals surface area (Å²) in [6.07, 6.45) is 29.1. The first-order valence-electron chi connectivity index (χ1n) is 22.9. The van der Waals surface area contributed by atoms with E-state index in [2.05, 4.69) is 44.2 Å². The Morgan fingerprint density at radius 1 is 0.533 bits per heavy atom. The van der Waals surface area contributed by atoms with Crippen molar-refractivity contribution in [2.24, 2.45) is 0 Å². The number of phosphoric acid groups is 1. The van der Waals surface area contributed by atoms with Crippen LogP contribution in [0.15, 0.2) is 48.6 Å². The number of unbranched alkanes of at least 4 members (excludes halogenated alkanes) is 17. The van der Waals surface area contributed by atoms with Gasteiger partial charge in [-0.05, 0) is 38.5 Å². The highest BCUT2D eigenvalue weighted by molar-refractivity contribution is 7.47. The number of rotatable bonds is 37. The summed E-state index contributed by atoms with van der Waals surface area (Å²) in [7, 11) is -5.13. The highest BCUT2D eigenvalue weighted by Gasteiger charge is 2.51. The zero-order valence-electron chi connectivity index (χ0n) is 36.7. The molecule has 348 valence electrons. The van der Waals surface area contributed by atoms with Gasteiger partial charge >= 0.3 is 19.8 Å². The topological polar surface area (TPSA) is 210 Å². The van der Waals surface area contributed by atoms with Crippen LogP contribution in [0.5, 0.6) is 0 Å². The standard InChI is InChI=1S/C46H81O13P/c1-3-5-7-9-11-13-15-17-18-19-20-21-23-24-26-28-30-32-34-39(47)56-36-38(37-57-60(54,55)59-46-44(52)42(50)41(49)43(51)45(46)53)58-40(48)35-33-31-29-27-25-22-16-14-12-10-8-6-4-2/h6,8,12,14,22,25,29,31,38,41-46,49-53H,3-5,7,9-11,13,15-21,23-24,26-28,30,32-37H2,1-2H3,(H,54,55)/b8-6-,14-12-,25-22-,31-29-. The van der Waals surface area contributed by atoms with Crippen molar-refractivity contribution in [3.63, 3.8) is 0 Å². The summed E-state index contributed by atoms with van der Waals surface area (Å²) in [4.78, 5) is 35.6. The van der Waals surface area contributed by atoms with Crippen molar-refractivity contribution < 1.29 is 63.1 Å². The van der Waals surface area contributed by atoms with Gasteiger partial charge in [0.05, 0.1) is 6.61 Å². The van der Waals surface area contributed by atoms with E-state index >= 15 is 0 Å². The summed E-state index contributed by atoms with van der Waals surface area (Å²) >= 11 is 0. The molecule has 0 radical (unpaired) electrons. The van der Waals surface area contributed by atoms with Crippen molar-refractivity contribution in [3.8, 4) is 0 Å². The minimum absolute atomic E-state index is 0.0240. The fraction of sp³-hybridized carbons (Fsp3) is 0.783. The fourth-order valence-electron chi connectivity index (χ4n) is 6.77. The number of carbonyl (C=O) groups is 2. The molecular formula is C46H81O13P. The molecule has 1 fully saturated rings. The smallest absolute Gasteiger partial charge is 0.462 e. The number of hydrogen-bond donors (Lipinski definition) is 6. The third-order valence-corrected chi connectivity index (χ3v) is 11.4. The second kappa shape index (κ2) is 36.3. The average molecular weight is 873 g/mol. The molecule has 13 nitrogen and oxygen atoms in total. The Labute approximate surface area is 360 Å². The van der Waals surface area contributed by atoms with E-state index in [0.717, 1.165) is 38.5 Å². The van der Waals surface area contributed by atoms with Crippen LogP contribution in [-0.2, 0) is 32.7 Å². The summed E-state index contributed by atoms with van der Waals surface area (Å²) in [6, 6.07) is 0. The first-order chi connectivity index (χ1) is 28.9. The lowest BCUT2D eigenvalue weighted by Crippen LogP contribution is -2.64. The first kappa shape index (κ1) is 55.8. The van der Waals surface area contributed by atoms with E-state index in [1.165, 1.54) is 89.9 Å². The molecule has 0 bridgehead atoms. The SMILES string of the molecule is CC/C=C\C/C=C\C/C=C\C/C=C\CCC(=O)OC(COC(=O)CCCCCCCCCCCCCCCCCCCC)COP(=O)(O)OC1C(O)C(O)C(O)C(O)C1O. The molecule has 1 saturated carbocycles. The molecule has 0 aliphatic heterocycles. The number of aliphatic hydroxyl groups is 5. The van der Waals surface area contributed by atoms with E-state index in [1.807, 2.05) is 18.2 Å². The molecule has 1 aliphatic rings. The molecule has 1 aliphatic carbocycles. The largest absolute Gasteiger partial charge is 0.472 e. The van der Waals surface area contributed by atoms with E-state index in [9.17, 15) is 44.6 Å². The van der Waals surface area contributed by atoms with Crippen LogP contribution >= 0.6 is 7.82 Å². The van der Waals surface area contributed by atoms with Gasteiger partial charge in [-0.3, -0.25) is 18.6 Å². The van der Waals surface area contributed by atoms with Crippen LogP contribution in [0, 0.1) is 0 Å². The van der Waals surface area contributed by atoms with Gasteiger partial charge in [0.1, 0.15) is 43.2 Å². The van der Waals surface area contributed by atoms with E-state index in [4.69, 9.17) is 18.5 Å². The second-order valence-electron chi connectivity index (χ2n) is 15.9. The maximum atomic E-state index is 12.8. The third-order valence-electron chi connectivity index (χ3n) is 10.4. The zero-order chi connectivity index (χ0) is 44.3. The van der Waals surface area contributed by atoms with Crippen LogP contribution in [0.25, 0.3) is 0 Å². The minimum atomic E-state index is -5.13. The molecular weight excluding hydrogens is 791 g/mol. The second-order valence-corrected chi connectivity index (χ2v) is 17.3. The number of hydrogen-bond acceptors (Lipinski definition) is 12. The van der Waals surface area contributed by atoms with Crippen LogP contribution in [0.3, 0.4) is 0 Å². The van der Waals surface area contributed by atoms with E-state index in [1.54, 1.807) is 0 Å². The lowest BCUT2D eigenvalue weighted by molar-refractivity contribution is -0.220. The van der Waals surface area contributed by atoms with Gasteiger partial charge in [0, 0.05) is 12.8 Å². The molecule has 0 aromatic rings. The average Bonchev–Trinajstić information content (AvgIpc) is 3.23. The third kappa shape index (κ3) is 28.4. The fourth-order valence-corrected chi connectivity index (χ4v) is 7.74. The van der Waals surface area contributed by atoms with Gasteiger partial charge < -0.3 is 39.9 Å². The number of ether oxygens (including phenoxy) is 2. The Morgan fingerprint density at radius 2 is 0.950 bits per heavy atom. The maximum Gasteiger partial charge on any atom is 0.472 e. The highest BCUT2D eigenvalue weighted by atomic mass is 31.2. The lowest BCUT2D eigenvalue weighted by Gasteiger charge is -2.41. The van der Waals surface area contributed by atoms with Crippen molar-refractivity contribution >= 4 is 19.8 Å². The Bertz CT molecular complexity index is 1240. The lowest BCUT2D eigenvalue weighted by atomic mass is 9.85. The molecule has 0 heterocycles. The summed E-state index contributed by atoms with van der Waals surface area (Å²) in [5.74, 6) is -1.19. The number of allylic oxidation sites excluding steroid dienone is 8. The van der Waals surface area contributed by atoms with Crippen molar-refractivity contribution in [2.45, 2.75) is 217 Å². The number of aliphatic hydroxyl groups excluding tert-OH is 5. The molecule has 0 saturated heterocycles. The van der Waals surface area contributed by atoms with Gasteiger partial charge in [-0.15, -0.1) is 0 Å². The van der Waals surface area contributed by atoms with Crippen molar-refractivity contribution in [3.05, 3.63) is 48.6 Å². The Kier molecular flexibility index (Phi) is 33.8. The van der Waals surface area contributed by atoms with Crippen molar-refractivity contribution in [2.75, 3.05) is 13.2 Å². The van der Waals surface area contributed by atoms with Crippen LogP contribution in [0.4, 0.5) is 0 Å². The zero-order valence-corrected chi connectivity index (χ0v) is 37.6. The molecule has 6 unspecified atom stereocenters. The monoisotopic (exact) mass is 873 g/mol. The predicted octanol–water partition coefficient (Wildman–Crippen LogP) is 8.78. The quantitative estimate of drug-likeness (QED) is 0.0149. The molecule has 14 heteroatoms. The van der Waals surface area contributed by atoms with E-state index < -0.39 is 75.7 Å².